The number of methoxy groups -OCH3 is 1. The predicted molar refractivity (Wildman–Crippen MR) is 63.3 cm³/mol. The number of nitrogen functional groups attached to an aromatic ring is 1. The average Bonchev–Trinajstić information content (AvgIpc) is 2.10. The van der Waals surface area contributed by atoms with Gasteiger partial charge in [-0.15, -0.1) is 0 Å². The molecule has 0 aromatic carbocycles. The van der Waals surface area contributed by atoms with E-state index in [1.165, 1.54) is 0 Å². The first-order chi connectivity index (χ1) is 6.86. The molecule has 0 fully saturated rings. The number of ether oxygens (including phenoxy) is 1. The lowest BCUT2D eigenvalue weighted by molar-refractivity contribution is 0.00874. The molecule has 1 heterocycles. The first-order valence-corrected chi connectivity index (χ1v) is 5.46. The SMILES string of the molecule is COC(c1ncc(Br)c(N)n1)C(C)(C)C. The zero-order valence-electron chi connectivity index (χ0n) is 9.41. The summed E-state index contributed by atoms with van der Waals surface area (Å²) in [6.45, 7) is 6.22. The topological polar surface area (TPSA) is 61.0 Å². The van der Waals surface area contributed by atoms with Gasteiger partial charge in [0.05, 0.1) is 4.47 Å². The Kier molecular flexibility index (Phi) is 3.67. The Morgan fingerprint density at radius 1 is 1.47 bits per heavy atom. The monoisotopic (exact) mass is 273 g/mol. The Morgan fingerprint density at radius 2 is 2.07 bits per heavy atom. The molecular formula is C10H16BrN3O. The lowest BCUT2D eigenvalue weighted by atomic mass is 9.88. The first-order valence-electron chi connectivity index (χ1n) is 4.67. The minimum absolute atomic E-state index is 0.0605. The van der Waals surface area contributed by atoms with Crippen LogP contribution in [0.2, 0.25) is 0 Å². The van der Waals surface area contributed by atoms with Gasteiger partial charge in [-0.05, 0) is 21.3 Å². The van der Waals surface area contributed by atoms with E-state index in [1.807, 2.05) is 0 Å². The predicted octanol–water partition coefficient (Wildman–Crippen LogP) is 2.55. The zero-order valence-corrected chi connectivity index (χ0v) is 11.0. The summed E-state index contributed by atoms with van der Waals surface area (Å²) in [4.78, 5) is 8.42. The van der Waals surface area contributed by atoms with Crippen molar-refractivity contribution in [1.29, 1.82) is 0 Å². The van der Waals surface area contributed by atoms with Crippen molar-refractivity contribution in [3.05, 3.63) is 16.5 Å². The number of rotatable bonds is 2. The van der Waals surface area contributed by atoms with E-state index < -0.39 is 0 Å². The average molecular weight is 274 g/mol. The van der Waals surface area contributed by atoms with Crippen molar-refractivity contribution >= 4 is 21.7 Å². The highest BCUT2D eigenvalue weighted by Crippen LogP contribution is 2.34. The molecule has 2 N–H and O–H groups in total. The normalized spacial score (nSPS) is 13.9. The van der Waals surface area contributed by atoms with Crippen molar-refractivity contribution in [1.82, 2.24) is 9.97 Å². The van der Waals surface area contributed by atoms with E-state index in [0.29, 0.717) is 16.1 Å². The summed E-state index contributed by atoms with van der Waals surface area (Å²) in [7, 11) is 1.65. The molecule has 0 aliphatic carbocycles. The molecule has 1 unspecified atom stereocenters. The van der Waals surface area contributed by atoms with E-state index in [4.69, 9.17) is 10.5 Å². The molecule has 1 aromatic rings. The summed E-state index contributed by atoms with van der Waals surface area (Å²) >= 11 is 3.26. The number of hydrogen-bond donors (Lipinski definition) is 1. The highest BCUT2D eigenvalue weighted by atomic mass is 79.9. The van der Waals surface area contributed by atoms with Crippen LogP contribution < -0.4 is 5.73 Å². The lowest BCUT2D eigenvalue weighted by Gasteiger charge is -2.27. The number of aromatic nitrogens is 2. The molecule has 84 valence electrons. The standard InChI is InChI=1S/C10H16BrN3O/c1-10(2,3)7(15-4)9-13-5-6(11)8(12)14-9/h5,7H,1-4H3,(H2,12,13,14). The fourth-order valence-electron chi connectivity index (χ4n) is 1.37. The maximum Gasteiger partial charge on any atom is 0.160 e. The number of anilines is 1. The van der Waals surface area contributed by atoms with Gasteiger partial charge in [-0.25, -0.2) is 9.97 Å². The summed E-state index contributed by atoms with van der Waals surface area (Å²) in [5.41, 5.74) is 5.64. The highest BCUT2D eigenvalue weighted by molar-refractivity contribution is 9.10. The Labute approximate surface area is 98.4 Å². The molecule has 0 spiro atoms. The summed E-state index contributed by atoms with van der Waals surface area (Å²) in [6.07, 6.45) is 1.49. The molecule has 0 radical (unpaired) electrons. The van der Waals surface area contributed by atoms with Crippen molar-refractivity contribution in [3.8, 4) is 0 Å². The quantitative estimate of drug-likeness (QED) is 0.900. The highest BCUT2D eigenvalue weighted by Gasteiger charge is 2.28. The van der Waals surface area contributed by atoms with E-state index in [2.05, 4.69) is 46.7 Å². The molecule has 1 rings (SSSR count). The molecule has 0 aliphatic rings. The van der Waals surface area contributed by atoms with E-state index in [0.717, 1.165) is 0 Å². The molecule has 1 aromatic heterocycles. The third-order valence-electron chi connectivity index (χ3n) is 2.05. The number of halogens is 1. The molecule has 4 nitrogen and oxygen atoms in total. The van der Waals surface area contributed by atoms with Crippen LogP contribution in [0.5, 0.6) is 0 Å². The zero-order chi connectivity index (χ0) is 11.6. The van der Waals surface area contributed by atoms with E-state index in [9.17, 15) is 0 Å². The molecular weight excluding hydrogens is 258 g/mol. The van der Waals surface area contributed by atoms with Gasteiger partial charge in [0.1, 0.15) is 11.9 Å². The smallest absolute Gasteiger partial charge is 0.160 e. The summed E-state index contributed by atoms with van der Waals surface area (Å²) in [5.74, 6) is 1.05. The molecule has 5 heteroatoms. The third-order valence-corrected chi connectivity index (χ3v) is 2.66. The van der Waals surface area contributed by atoms with Crippen molar-refractivity contribution in [2.75, 3.05) is 12.8 Å². The van der Waals surface area contributed by atoms with Gasteiger partial charge in [0.25, 0.3) is 0 Å². The van der Waals surface area contributed by atoms with E-state index in [1.54, 1.807) is 13.3 Å². The van der Waals surface area contributed by atoms with Crippen LogP contribution in [-0.2, 0) is 4.74 Å². The third kappa shape index (κ3) is 2.89. The van der Waals surface area contributed by atoms with Crippen LogP contribution in [0.1, 0.15) is 32.7 Å². The second kappa shape index (κ2) is 4.45. The fraction of sp³-hybridized carbons (Fsp3) is 0.600. The molecule has 0 bridgehead atoms. The van der Waals surface area contributed by atoms with Gasteiger partial charge in [-0.2, -0.15) is 0 Å². The van der Waals surface area contributed by atoms with Gasteiger partial charge in [0.15, 0.2) is 5.82 Å². The van der Waals surface area contributed by atoms with Crippen LogP contribution in [0, 0.1) is 5.41 Å². The maximum atomic E-state index is 5.70. The van der Waals surface area contributed by atoms with E-state index >= 15 is 0 Å². The van der Waals surface area contributed by atoms with Gasteiger partial charge in [0.2, 0.25) is 0 Å². The van der Waals surface area contributed by atoms with Gasteiger partial charge < -0.3 is 10.5 Å². The van der Waals surface area contributed by atoms with Crippen molar-refractivity contribution in [2.45, 2.75) is 26.9 Å². The van der Waals surface area contributed by atoms with Gasteiger partial charge >= 0.3 is 0 Å². The number of nitrogens with two attached hydrogens (primary N) is 1. The van der Waals surface area contributed by atoms with Crippen LogP contribution in [0.3, 0.4) is 0 Å². The second-order valence-corrected chi connectivity index (χ2v) is 5.30. The molecule has 0 amide bonds. The molecule has 15 heavy (non-hydrogen) atoms. The largest absolute Gasteiger partial charge is 0.383 e. The Balaban J connectivity index is 3.08. The summed E-state index contributed by atoms with van der Waals surface area (Å²) in [5, 5.41) is 0. The van der Waals surface area contributed by atoms with Gasteiger partial charge in [-0.1, -0.05) is 20.8 Å². The molecule has 0 saturated heterocycles. The minimum Gasteiger partial charge on any atom is -0.383 e. The summed E-state index contributed by atoms with van der Waals surface area (Å²) in [6, 6.07) is 0. The van der Waals surface area contributed by atoms with Crippen LogP contribution in [0.4, 0.5) is 5.82 Å². The second-order valence-electron chi connectivity index (χ2n) is 4.44. The van der Waals surface area contributed by atoms with Crippen molar-refractivity contribution < 1.29 is 4.74 Å². The van der Waals surface area contributed by atoms with Crippen LogP contribution in [0.15, 0.2) is 10.7 Å². The molecule has 1 atom stereocenters. The van der Waals surface area contributed by atoms with Crippen LogP contribution in [-0.4, -0.2) is 17.1 Å². The van der Waals surface area contributed by atoms with Crippen molar-refractivity contribution in [3.63, 3.8) is 0 Å². The fourth-order valence-corrected chi connectivity index (χ4v) is 1.56. The number of hydrogen-bond acceptors (Lipinski definition) is 4. The van der Waals surface area contributed by atoms with Crippen molar-refractivity contribution in [2.24, 2.45) is 5.41 Å². The minimum atomic E-state index is -0.159. The maximum absolute atomic E-state index is 5.70. The Hall–Kier alpha value is -0.680. The number of nitrogens with zero attached hydrogens (tertiary/aromatic N) is 2. The Bertz CT molecular complexity index is 349. The molecule has 0 saturated carbocycles. The van der Waals surface area contributed by atoms with Gasteiger partial charge in [-0.3, -0.25) is 0 Å². The first kappa shape index (κ1) is 12.4. The summed E-state index contributed by atoms with van der Waals surface area (Å²) < 4.78 is 6.10. The van der Waals surface area contributed by atoms with Gasteiger partial charge in [0, 0.05) is 13.3 Å². The molecule has 0 aliphatic heterocycles. The van der Waals surface area contributed by atoms with Crippen LogP contribution >= 0.6 is 15.9 Å². The van der Waals surface area contributed by atoms with Crippen LogP contribution in [0.25, 0.3) is 0 Å². The Morgan fingerprint density at radius 3 is 2.47 bits per heavy atom. The lowest BCUT2D eigenvalue weighted by Crippen LogP contribution is -2.22. The van der Waals surface area contributed by atoms with E-state index in [-0.39, 0.29) is 11.5 Å².